The molecule has 1 aliphatic heterocycles. The van der Waals surface area contributed by atoms with Gasteiger partial charge in [-0.15, -0.1) is 0 Å². The van der Waals surface area contributed by atoms with Gasteiger partial charge in [-0.2, -0.15) is 0 Å². The van der Waals surface area contributed by atoms with Crippen molar-refractivity contribution >= 4 is 33.0 Å². The molecule has 0 aromatic heterocycles. The molecule has 0 spiro atoms. The molecule has 25 heavy (non-hydrogen) atoms. The molecule has 7 heteroatoms. The predicted octanol–water partition coefficient (Wildman–Crippen LogP) is 4.83. The zero-order valence-electron chi connectivity index (χ0n) is 13.7. The fourth-order valence-corrected chi connectivity index (χ4v) is 4.85. The quantitative estimate of drug-likeness (QED) is 0.737. The molecular weight excluding hydrogens is 383 g/mol. The molecule has 1 aliphatic rings. The smallest absolute Gasteiger partial charge is 0.179 e. The summed E-state index contributed by atoms with van der Waals surface area (Å²) >= 11 is 12.4. The Labute approximate surface area is 157 Å². The average Bonchev–Trinajstić information content (AvgIpc) is 2.80. The highest BCUT2D eigenvalue weighted by molar-refractivity contribution is 7.90. The van der Waals surface area contributed by atoms with Crippen molar-refractivity contribution in [1.29, 1.82) is 0 Å². The van der Waals surface area contributed by atoms with Crippen LogP contribution in [0.5, 0.6) is 11.5 Å². The third kappa shape index (κ3) is 4.05. The van der Waals surface area contributed by atoms with Crippen molar-refractivity contribution in [2.45, 2.75) is 24.3 Å². The van der Waals surface area contributed by atoms with E-state index in [-0.39, 0.29) is 5.75 Å². The minimum absolute atomic E-state index is 0.157. The van der Waals surface area contributed by atoms with Crippen molar-refractivity contribution in [2.24, 2.45) is 0 Å². The van der Waals surface area contributed by atoms with Crippen molar-refractivity contribution < 1.29 is 17.9 Å². The fourth-order valence-electron chi connectivity index (χ4n) is 2.72. The molecule has 0 saturated carbocycles. The number of fused-ring (bicyclic) bond motifs is 1. The third-order valence-electron chi connectivity index (χ3n) is 4.11. The highest BCUT2D eigenvalue weighted by Crippen LogP contribution is 2.39. The number of sulfone groups is 1. The first-order chi connectivity index (χ1) is 11.9. The Balaban J connectivity index is 1.90. The Morgan fingerprint density at radius 2 is 1.80 bits per heavy atom. The van der Waals surface area contributed by atoms with E-state index in [1.54, 1.807) is 43.3 Å². The van der Waals surface area contributed by atoms with Gasteiger partial charge in [0.05, 0.1) is 29.2 Å². The third-order valence-corrected chi connectivity index (χ3v) is 6.80. The monoisotopic (exact) mass is 400 g/mol. The maximum Gasteiger partial charge on any atom is 0.179 e. The second-order valence-corrected chi connectivity index (χ2v) is 9.06. The van der Waals surface area contributed by atoms with E-state index in [9.17, 15) is 8.42 Å². The molecular formula is C18H18Cl2O4S. The summed E-state index contributed by atoms with van der Waals surface area (Å²) in [6, 6.07) is 10.3. The molecule has 0 saturated heterocycles. The molecule has 134 valence electrons. The van der Waals surface area contributed by atoms with Crippen molar-refractivity contribution in [3.63, 3.8) is 0 Å². The number of hydrogen-bond donors (Lipinski definition) is 0. The summed E-state index contributed by atoms with van der Waals surface area (Å²) in [5, 5.41) is 0.0706. The summed E-state index contributed by atoms with van der Waals surface area (Å²) in [4.78, 5) is 0. The molecule has 1 heterocycles. The van der Waals surface area contributed by atoms with Crippen LogP contribution < -0.4 is 9.47 Å². The Morgan fingerprint density at radius 1 is 1.08 bits per heavy atom. The number of halogens is 2. The molecule has 2 aromatic carbocycles. The molecule has 0 unspecified atom stereocenters. The van der Waals surface area contributed by atoms with Gasteiger partial charge in [-0.1, -0.05) is 41.4 Å². The first-order valence-corrected chi connectivity index (χ1v) is 10.4. The summed E-state index contributed by atoms with van der Waals surface area (Å²) in [5.41, 5.74) is 1.15. The molecule has 0 bridgehead atoms. The Bertz CT molecular complexity index is 881. The van der Waals surface area contributed by atoms with Gasteiger partial charge in [-0.3, -0.25) is 0 Å². The maximum absolute atomic E-state index is 12.8. The van der Waals surface area contributed by atoms with E-state index in [1.807, 2.05) is 0 Å². The van der Waals surface area contributed by atoms with Crippen LogP contribution in [-0.2, 0) is 15.6 Å². The molecule has 2 aromatic rings. The van der Waals surface area contributed by atoms with Gasteiger partial charge in [0, 0.05) is 11.4 Å². The highest BCUT2D eigenvalue weighted by Gasteiger charge is 2.26. The van der Waals surface area contributed by atoms with Crippen LogP contribution >= 0.6 is 23.2 Å². The number of ether oxygens (including phenoxy) is 2. The highest BCUT2D eigenvalue weighted by atomic mass is 35.5. The lowest BCUT2D eigenvalue weighted by molar-refractivity contribution is 0.297. The lowest BCUT2D eigenvalue weighted by Crippen LogP contribution is -2.13. The van der Waals surface area contributed by atoms with Crippen molar-refractivity contribution in [3.05, 3.63) is 57.6 Å². The predicted molar refractivity (Wildman–Crippen MR) is 99.5 cm³/mol. The van der Waals surface area contributed by atoms with Crippen LogP contribution in [0.2, 0.25) is 10.0 Å². The Kier molecular flexibility index (Phi) is 5.46. The van der Waals surface area contributed by atoms with Gasteiger partial charge in [-0.25, -0.2) is 8.42 Å². The minimum Gasteiger partial charge on any atom is -0.489 e. The molecule has 4 nitrogen and oxygen atoms in total. The molecule has 1 atom stereocenters. The second kappa shape index (κ2) is 7.44. The van der Waals surface area contributed by atoms with Crippen molar-refractivity contribution in [3.8, 4) is 11.5 Å². The van der Waals surface area contributed by atoms with E-state index in [0.29, 0.717) is 45.9 Å². The van der Waals surface area contributed by atoms with E-state index in [4.69, 9.17) is 32.7 Å². The van der Waals surface area contributed by atoms with Gasteiger partial charge in [0.1, 0.15) is 0 Å². The summed E-state index contributed by atoms with van der Waals surface area (Å²) in [6.45, 7) is 2.67. The van der Waals surface area contributed by atoms with Crippen LogP contribution in [-0.4, -0.2) is 21.6 Å². The first-order valence-electron chi connectivity index (χ1n) is 7.92. The van der Waals surface area contributed by atoms with Crippen LogP contribution in [0, 0.1) is 0 Å². The van der Waals surface area contributed by atoms with E-state index in [0.717, 1.165) is 6.42 Å². The van der Waals surface area contributed by atoms with Crippen molar-refractivity contribution in [1.82, 2.24) is 0 Å². The van der Waals surface area contributed by atoms with Crippen molar-refractivity contribution in [2.75, 3.05) is 13.2 Å². The average molecular weight is 401 g/mol. The Morgan fingerprint density at radius 3 is 2.56 bits per heavy atom. The SMILES string of the molecule is C[C@@H](c1ccccc1Cl)S(=O)(=O)Cc1cc(Cl)c2c(c1)OCCCO2. The van der Waals surface area contributed by atoms with Crippen LogP contribution in [0.4, 0.5) is 0 Å². The van der Waals surface area contributed by atoms with Crippen LogP contribution in [0.1, 0.15) is 29.7 Å². The van der Waals surface area contributed by atoms with Crippen LogP contribution in [0.25, 0.3) is 0 Å². The normalized spacial score (nSPS) is 15.5. The molecule has 3 rings (SSSR count). The van der Waals surface area contributed by atoms with E-state index in [2.05, 4.69) is 0 Å². The summed E-state index contributed by atoms with van der Waals surface area (Å²) in [7, 11) is -3.48. The maximum atomic E-state index is 12.8. The number of hydrogen-bond acceptors (Lipinski definition) is 4. The molecule has 0 fully saturated rings. The zero-order chi connectivity index (χ0) is 18.0. The van der Waals surface area contributed by atoms with E-state index in [1.165, 1.54) is 0 Å². The molecule has 0 amide bonds. The van der Waals surface area contributed by atoms with Crippen LogP contribution in [0.3, 0.4) is 0 Å². The number of rotatable bonds is 4. The molecule has 0 aliphatic carbocycles. The van der Waals surface area contributed by atoms with Gasteiger partial charge < -0.3 is 9.47 Å². The van der Waals surface area contributed by atoms with Gasteiger partial charge in [0.2, 0.25) is 0 Å². The fraction of sp³-hybridized carbons (Fsp3) is 0.333. The minimum atomic E-state index is -3.48. The van der Waals surface area contributed by atoms with Gasteiger partial charge in [-0.05, 0) is 36.2 Å². The van der Waals surface area contributed by atoms with Gasteiger partial charge in [0.15, 0.2) is 21.3 Å². The van der Waals surface area contributed by atoms with E-state index < -0.39 is 15.1 Å². The summed E-state index contributed by atoms with van der Waals surface area (Å²) in [6.07, 6.45) is 0.752. The van der Waals surface area contributed by atoms with Gasteiger partial charge >= 0.3 is 0 Å². The molecule has 0 N–H and O–H groups in total. The lowest BCUT2D eigenvalue weighted by Gasteiger charge is -2.16. The topological polar surface area (TPSA) is 52.6 Å². The second-order valence-electron chi connectivity index (χ2n) is 5.93. The standard InChI is InChI=1S/C18H18Cl2O4S/c1-12(14-5-2-3-6-15(14)19)25(21,22)11-13-9-16(20)18-17(10-13)23-7-4-8-24-18/h2-3,5-6,9-10,12H,4,7-8,11H2,1H3/t12-/m0/s1. The van der Waals surface area contributed by atoms with E-state index >= 15 is 0 Å². The van der Waals surface area contributed by atoms with Crippen LogP contribution in [0.15, 0.2) is 36.4 Å². The summed E-state index contributed by atoms with van der Waals surface area (Å²) < 4.78 is 36.8. The first kappa shape index (κ1) is 18.4. The molecule has 0 radical (unpaired) electrons. The zero-order valence-corrected chi connectivity index (χ0v) is 16.0. The summed E-state index contributed by atoms with van der Waals surface area (Å²) in [5.74, 6) is 0.801. The number of benzene rings is 2. The largest absolute Gasteiger partial charge is 0.489 e. The Hall–Kier alpha value is -1.43. The van der Waals surface area contributed by atoms with Gasteiger partial charge in [0.25, 0.3) is 0 Å². The lowest BCUT2D eigenvalue weighted by atomic mass is 10.2.